The van der Waals surface area contributed by atoms with Gasteiger partial charge in [0.1, 0.15) is 12.4 Å². The number of amides is 1. The number of ether oxygens (including phenoxy) is 1. The minimum absolute atomic E-state index is 0.0413. The molecule has 0 aliphatic carbocycles. The molecule has 0 saturated carbocycles. The largest absolute Gasteiger partial charge is 0.492 e. The average Bonchev–Trinajstić information content (AvgIpc) is 2.55. The van der Waals surface area contributed by atoms with E-state index in [-0.39, 0.29) is 5.91 Å². The summed E-state index contributed by atoms with van der Waals surface area (Å²) in [5.74, 6) is 2.16. The number of thioether (sulfide) groups is 1. The Morgan fingerprint density at radius 1 is 1.13 bits per heavy atom. The molecule has 23 heavy (non-hydrogen) atoms. The van der Waals surface area contributed by atoms with Gasteiger partial charge in [-0.3, -0.25) is 4.79 Å². The first-order valence-corrected chi connectivity index (χ1v) is 9.36. The fourth-order valence-corrected chi connectivity index (χ4v) is 2.97. The monoisotopic (exact) mass is 393 g/mol. The fraction of sp³-hybridized carbons (Fsp3) is 0.278. The number of aryl methyl sites for hydroxylation is 1. The zero-order valence-electron chi connectivity index (χ0n) is 13.0. The lowest BCUT2D eigenvalue weighted by molar-refractivity contribution is -0.118. The van der Waals surface area contributed by atoms with Crippen LogP contribution in [-0.2, 0) is 10.5 Å². The lowest BCUT2D eigenvalue weighted by atomic mass is 10.2. The van der Waals surface area contributed by atoms with Crippen molar-refractivity contribution in [2.24, 2.45) is 0 Å². The van der Waals surface area contributed by atoms with Gasteiger partial charge in [-0.05, 0) is 36.8 Å². The van der Waals surface area contributed by atoms with Crippen LogP contribution in [0.4, 0.5) is 0 Å². The van der Waals surface area contributed by atoms with Gasteiger partial charge in [0, 0.05) is 10.2 Å². The van der Waals surface area contributed by atoms with E-state index in [4.69, 9.17) is 4.74 Å². The van der Waals surface area contributed by atoms with E-state index in [1.165, 1.54) is 11.1 Å². The number of hydrogen-bond donors (Lipinski definition) is 1. The molecule has 5 heteroatoms. The molecule has 0 aliphatic rings. The van der Waals surface area contributed by atoms with Crippen LogP contribution < -0.4 is 10.1 Å². The topological polar surface area (TPSA) is 38.3 Å². The van der Waals surface area contributed by atoms with E-state index in [1.807, 2.05) is 43.3 Å². The third-order valence-electron chi connectivity index (χ3n) is 3.13. The van der Waals surface area contributed by atoms with Gasteiger partial charge in [0.05, 0.1) is 12.3 Å². The highest BCUT2D eigenvalue weighted by Gasteiger charge is 2.02. The van der Waals surface area contributed by atoms with Gasteiger partial charge >= 0.3 is 0 Å². The van der Waals surface area contributed by atoms with Crippen molar-refractivity contribution in [2.75, 3.05) is 18.9 Å². The Morgan fingerprint density at radius 2 is 1.83 bits per heavy atom. The fourth-order valence-electron chi connectivity index (χ4n) is 1.89. The van der Waals surface area contributed by atoms with Gasteiger partial charge in [0.25, 0.3) is 0 Å². The van der Waals surface area contributed by atoms with Crippen molar-refractivity contribution in [1.82, 2.24) is 5.32 Å². The first kappa shape index (κ1) is 17.9. The van der Waals surface area contributed by atoms with Gasteiger partial charge in [0.2, 0.25) is 5.91 Å². The van der Waals surface area contributed by atoms with Crippen molar-refractivity contribution in [3.05, 3.63) is 64.1 Å². The van der Waals surface area contributed by atoms with Crippen molar-refractivity contribution < 1.29 is 9.53 Å². The Labute approximate surface area is 149 Å². The van der Waals surface area contributed by atoms with Crippen LogP contribution in [0.3, 0.4) is 0 Å². The van der Waals surface area contributed by atoms with Crippen LogP contribution in [0.5, 0.6) is 5.75 Å². The van der Waals surface area contributed by atoms with Crippen molar-refractivity contribution in [3.8, 4) is 5.75 Å². The first-order valence-electron chi connectivity index (χ1n) is 7.42. The van der Waals surface area contributed by atoms with E-state index in [0.29, 0.717) is 18.9 Å². The molecule has 0 radical (unpaired) electrons. The van der Waals surface area contributed by atoms with Crippen LogP contribution in [0.2, 0.25) is 0 Å². The molecule has 1 amide bonds. The highest BCUT2D eigenvalue weighted by atomic mass is 79.9. The van der Waals surface area contributed by atoms with Crippen LogP contribution >= 0.6 is 27.7 Å². The zero-order chi connectivity index (χ0) is 16.5. The van der Waals surface area contributed by atoms with Crippen LogP contribution in [0.25, 0.3) is 0 Å². The molecule has 2 aromatic carbocycles. The van der Waals surface area contributed by atoms with Crippen LogP contribution in [-0.4, -0.2) is 24.8 Å². The second-order valence-electron chi connectivity index (χ2n) is 5.13. The predicted molar refractivity (Wildman–Crippen MR) is 100.0 cm³/mol. The van der Waals surface area contributed by atoms with Gasteiger partial charge in [-0.1, -0.05) is 45.8 Å². The summed E-state index contributed by atoms with van der Waals surface area (Å²) in [6.07, 6.45) is 0. The maximum Gasteiger partial charge on any atom is 0.230 e. The molecule has 122 valence electrons. The maximum absolute atomic E-state index is 11.7. The van der Waals surface area contributed by atoms with Crippen molar-refractivity contribution in [1.29, 1.82) is 0 Å². The normalized spacial score (nSPS) is 10.3. The predicted octanol–water partition coefficient (Wildman–Crippen LogP) is 4.19. The zero-order valence-corrected chi connectivity index (χ0v) is 15.5. The second kappa shape index (κ2) is 9.63. The molecule has 0 aliphatic heterocycles. The van der Waals surface area contributed by atoms with Crippen LogP contribution in [0.1, 0.15) is 11.1 Å². The Hall–Kier alpha value is -1.46. The molecule has 0 aromatic heterocycles. The van der Waals surface area contributed by atoms with E-state index in [2.05, 4.69) is 33.4 Å². The van der Waals surface area contributed by atoms with Gasteiger partial charge in [-0.2, -0.15) is 0 Å². The van der Waals surface area contributed by atoms with Gasteiger partial charge in [0.15, 0.2) is 0 Å². The number of hydrogen-bond acceptors (Lipinski definition) is 3. The van der Waals surface area contributed by atoms with Gasteiger partial charge < -0.3 is 10.1 Å². The lowest BCUT2D eigenvalue weighted by Gasteiger charge is -2.08. The van der Waals surface area contributed by atoms with Crippen molar-refractivity contribution >= 4 is 33.6 Å². The average molecular weight is 394 g/mol. The highest BCUT2D eigenvalue weighted by Crippen LogP contribution is 2.15. The minimum atomic E-state index is 0.0413. The molecule has 2 aromatic rings. The number of carbonyl (C=O) groups is 1. The molecule has 0 atom stereocenters. The molecular weight excluding hydrogens is 374 g/mol. The summed E-state index contributed by atoms with van der Waals surface area (Å²) in [4.78, 5) is 11.7. The highest BCUT2D eigenvalue weighted by molar-refractivity contribution is 9.10. The summed E-state index contributed by atoms with van der Waals surface area (Å²) >= 11 is 5.02. The Balaban J connectivity index is 1.56. The van der Waals surface area contributed by atoms with E-state index >= 15 is 0 Å². The summed E-state index contributed by atoms with van der Waals surface area (Å²) < 4.78 is 6.64. The summed E-state index contributed by atoms with van der Waals surface area (Å²) in [5, 5.41) is 2.87. The lowest BCUT2D eigenvalue weighted by Crippen LogP contribution is -2.29. The Morgan fingerprint density at radius 3 is 2.52 bits per heavy atom. The smallest absolute Gasteiger partial charge is 0.230 e. The SMILES string of the molecule is Cc1ccc(OCCNC(=O)CSCc2ccc(Br)cc2)cc1. The standard InChI is InChI=1S/C18H20BrNO2S/c1-14-2-8-17(9-3-14)22-11-10-20-18(21)13-23-12-15-4-6-16(19)7-5-15/h2-9H,10-13H2,1H3,(H,20,21). The second-order valence-corrected chi connectivity index (χ2v) is 7.03. The maximum atomic E-state index is 11.7. The summed E-state index contributed by atoms with van der Waals surface area (Å²) in [5.41, 5.74) is 2.42. The first-order chi connectivity index (χ1) is 11.1. The molecule has 0 fully saturated rings. The summed E-state index contributed by atoms with van der Waals surface area (Å²) in [6.45, 7) is 3.04. The molecule has 0 bridgehead atoms. The molecule has 0 heterocycles. The van der Waals surface area contributed by atoms with E-state index in [9.17, 15) is 4.79 Å². The summed E-state index contributed by atoms with van der Waals surface area (Å²) in [6, 6.07) is 16.0. The third kappa shape index (κ3) is 7.10. The molecule has 0 saturated heterocycles. The van der Waals surface area contributed by atoms with Crippen LogP contribution in [0.15, 0.2) is 53.0 Å². The van der Waals surface area contributed by atoms with Crippen LogP contribution in [0, 0.1) is 6.92 Å². The van der Waals surface area contributed by atoms with E-state index < -0.39 is 0 Å². The van der Waals surface area contributed by atoms with Crippen molar-refractivity contribution in [3.63, 3.8) is 0 Å². The molecule has 2 rings (SSSR count). The quantitative estimate of drug-likeness (QED) is 0.683. The molecule has 3 nitrogen and oxygen atoms in total. The molecular formula is C18H20BrNO2S. The Bertz CT molecular complexity index is 614. The number of nitrogens with one attached hydrogen (secondary N) is 1. The third-order valence-corrected chi connectivity index (χ3v) is 4.66. The minimum Gasteiger partial charge on any atom is -0.492 e. The summed E-state index contributed by atoms with van der Waals surface area (Å²) in [7, 11) is 0. The van der Waals surface area contributed by atoms with Crippen molar-refractivity contribution in [2.45, 2.75) is 12.7 Å². The Kier molecular flexibility index (Phi) is 7.49. The van der Waals surface area contributed by atoms with Gasteiger partial charge in [-0.15, -0.1) is 11.8 Å². The van der Waals surface area contributed by atoms with Gasteiger partial charge in [-0.25, -0.2) is 0 Å². The van der Waals surface area contributed by atoms with E-state index in [0.717, 1.165) is 16.0 Å². The number of rotatable bonds is 8. The molecule has 0 unspecified atom stereocenters. The molecule has 0 spiro atoms. The molecule has 1 N–H and O–H groups in total. The number of carbonyl (C=O) groups excluding carboxylic acids is 1. The number of benzene rings is 2. The number of halogens is 1. The van der Waals surface area contributed by atoms with E-state index in [1.54, 1.807) is 11.8 Å².